The van der Waals surface area contributed by atoms with E-state index in [2.05, 4.69) is 55.4 Å². The molecule has 0 amide bonds. The van der Waals surface area contributed by atoms with Crippen LogP contribution in [0.15, 0.2) is 0 Å². The van der Waals surface area contributed by atoms with Gasteiger partial charge in [-0.2, -0.15) is 0 Å². The van der Waals surface area contributed by atoms with Crippen molar-refractivity contribution >= 4 is 52.3 Å². The summed E-state index contributed by atoms with van der Waals surface area (Å²) < 4.78 is 17.6. The summed E-state index contributed by atoms with van der Waals surface area (Å²) in [6, 6.07) is 0. The molecule has 0 aromatic carbocycles. The summed E-state index contributed by atoms with van der Waals surface area (Å²) in [6.45, 7) is 18.4. The average molecular weight is 836 g/mol. The van der Waals surface area contributed by atoms with Gasteiger partial charge in [0.2, 0.25) is 0 Å². The first kappa shape index (κ1) is 44.5. The minimum atomic E-state index is -2.44. The van der Waals surface area contributed by atoms with Crippen molar-refractivity contribution in [2.75, 3.05) is 0 Å². The first-order chi connectivity index (χ1) is 21.3. The van der Waals surface area contributed by atoms with Crippen molar-refractivity contribution in [3.8, 4) is 0 Å². The number of carbonyl (C=O) groups excluding carboxylic acids is 2. The van der Waals surface area contributed by atoms with E-state index < -0.39 is 40.3 Å². The van der Waals surface area contributed by atoms with Crippen molar-refractivity contribution in [1.29, 1.82) is 0 Å². The molecule has 0 spiro atoms. The van der Waals surface area contributed by atoms with Crippen LogP contribution in [-0.4, -0.2) is 52.3 Å². The summed E-state index contributed by atoms with van der Waals surface area (Å²) in [6.07, 6.45) is 22.5. The Kier molecular flexibility index (Phi) is 31.2. The van der Waals surface area contributed by atoms with Gasteiger partial charge in [0.15, 0.2) is 0 Å². The van der Waals surface area contributed by atoms with Gasteiger partial charge in [-0.05, 0) is 0 Å². The monoisotopic (exact) mass is 838 g/mol. The molecule has 0 aliphatic rings. The Morgan fingerprint density at radius 2 is 0.682 bits per heavy atom. The molecule has 44 heavy (non-hydrogen) atoms. The predicted molar refractivity (Wildman–Crippen MR) is 197 cm³/mol. The first-order valence-corrected chi connectivity index (χ1v) is 31.7. The summed E-state index contributed by atoms with van der Waals surface area (Å²) in [5, 5.41) is 0. The van der Waals surface area contributed by atoms with Crippen molar-refractivity contribution in [2.24, 2.45) is 23.7 Å². The van der Waals surface area contributed by atoms with Gasteiger partial charge in [-0.3, -0.25) is 0 Å². The molecule has 4 atom stereocenters. The minimum absolute atomic E-state index is 0.0235. The molecule has 262 valence electrons. The summed E-state index contributed by atoms with van der Waals surface area (Å²) in [4.78, 5) is 26.1. The van der Waals surface area contributed by atoms with Gasteiger partial charge in [0.05, 0.1) is 0 Å². The van der Waals surface area contributed by atoms with Crippen LogP contribution < -0.4 is 0 Å². The van der Waals surface area contributed by atoms with Crippen LogP contribution in [0.2, 0.25) is 17.7 Å². The van der Waals surface area contributed by atoms with Crippen molar-refractivity contribution < 1.29 is 15.7 Å². The Balaban J connectivity index is 5.02. The average Bonchev–Trinajstić information content (AvgIpc) is 3.02. The maximum absolute atomic E-state index is 13.0. The van der Waals surface area contributed by atoms with E-state index >= 15 is 0 Å². The molecule has 0 rings (SSSR count). The van der Waals surface area contributed by atoms with Crippen LogP contribution in [0.1, 0.15) is 184 Å². The van der Waals surface area contributed by atoms with E-state index in [1.54, 1.807) is 0 Å². The fourth-order valence-corrected chi connectivity index (χ4v) is 26.8. The van der Waals surface area contributed by atoms with E-state index in [9.17, 15) is 9.59 Å². The maximum atomic E-state index is 13.0. The molecular formula is C38H78O4Sn2. The van der Waals surface area contributed by atoms with Crippen molar-refractivity contribution in [1.82, 2.24) is 0 Å². The van der Waals surface area contributed by atoms with Gasteiger partial charge < -0.3 is 0 Å². The van der Waals surface area contributed by atoms with Gasteiger partial charge in [0, 0.05) is 0 Å². The summed E-state index contributed by atoms with van der Waals surface area (Å²) in [7, 11) is 0. The third-order valence-electron chi connectivity index (χ3n) is 10.2. The molecule has 4 unspecified atom stereocenters. The van der Waals surface area contributed by atoms with Gasteiger partial charge in [-0.15, -0.1) is 0 Å². The van der Waals surface area contributed by atoms with Crippen LogP contribution in [0, 0.1) is 23.7 Å². The Labute approximate surface area is 291 Å². The Bertz CT molecular complexity index is 581. The fraction of sp³-hybridized carbons (Fsp3) is 0.947. The zero-order valence-electron chi connectivity index (χ0n) is 31.1. The number of hydrogen-bond donors (Lipinski definition) is 0. The Morgan fingerprint density at radius 1 is 0.432 bits per heavy atom. The van der Waals surface area contributed by atoms with Crippen molar-refractivity contribution in [3.05, 3.63) is 0 Å². The van der Waals surface area contributed by atoms with Crippen LogP contribution in [0.4, 0.5) is 0 Å². The van der Waals surface area contributed by atoms with Crippen molar-refractivity contribution in [3.63, 3.8) is 0 Å². The predicted octanol–water partition coefficient (Wildman–Crippen LogP) is 11.9. The third kappa shape index (κ3) is 23.8. The molecular weight excluding hydrogens is 758 g/mol. The molecule has 0 aromatic rings. The number of carbonyl (C=O) groups is 2. The van der Waals surface area contributed by atoms with E-state index in [0.717, 1.165) is 36.5 Å². The summed E-state index contributed by atoms with van der Waals surface area (Å²) >= 11 is -4.88. The third-order valence-corrected chi connectivity index (χ3v) is 27.2. The van der Waals surface area contributed by atoms with Crippen LogP contribution >= 0.6 is 0 Å². The molecule has 0 N–H and O–H groups in total. The van der Waals surface area contributed by atoms with Crippen LogP contribution in [0.25, 0.3) is 0 Å². The second-order valence-electron chi connectivity index (χ2n) is 14.0. The van der Waals surface area contributed by atoms with E-state index in [1.165, 1.54) is 120 Å². The van der Waals surface area contributed by atoms with Gasteiger partial charge >= 0.3 is 293 Å². The second kappa shape index (κ2) is 30.8. The van der Waals surface area contributed by atoms with E-state index in [4.69, 9.17) is 6.15 Å². The van der Waals surface area contributed by atoms with Gasteiger partial charge in [-0.25, -0.2) is 0 Å². The zero-order chi connectivity index (χ0) is 33.0. The summed E-state index contributed by atoms with van der Waals surface area (Å²) in [5.41, 5.74) is 0. The van der Waals surface area contributed by atoms with E-state index in [-0.39, 0.29) is 11.9 Å². The fourth-order valence-electron chi connectivity index (χ4n) is 6.83. The molecule has 0 aliphatic carbocycles. The summed E-state index contributed by atoms with van der Waals surface area (Å²) in [5.74, 6) is 2.95. The molecule has 0 saturated heterocycles. The Morgan fingerprint density at radius 3 is 0.886 bits per heavy atom. The van der Waals surface area contributed by atoms with Crippen LogP contribution in [-0.2, 0) is 15.7 Å². The molecule has 0 saturated carbocycles. The molecule has 0 heterocycles. The van der Waals surface area contributed by atoms with Crippen LogP contribution in [0.5, 0.6) is 0 Å². The van der Waals surface area contributed by atoms with Crippen molar-refractivity contribution in [2.45, 2.75) is 202 Å². The number of unbranched alkanes of at least 4 members (excludes halogenated alkanes) is 5. The first-order valence-electron chi connectivity index (χ1n) is 19.7. The zero-order valence-corrected chi connectivity index (χ0v) is 37.7. The normalized spacial score (nSPS) is 15.7. The van der Waals surface area contributed by atoms with E-state index in [0.29, 0.717) is 12.8 Å². The van der Waals surface area contributed by atoms with Gasteiger partial charge in [0.1, 0.15) is 0 Å². The van der Waals surface area contributed by atoms with E-state index in [1.807, 2.05) is 0 Å². The molecule has 6 heteroatoms. The molecule has 0 aliphatic heterocycles. The molecule has 0 bridgehead atoms. The SMILES string of the molecule is CCCCC(CC)[CH2][SnH]([CH2]C(CC)CCCC)[O]C(=O)CCCCC(=O)[O][SnH]([CH2]C(CC)CCCC)[CH2]C(CC)CCCC. The van der Waals surface area contributed by atoms with Gasteiger partial charge in [-0.1, -0.05) is 0 Å². The molecule has 4 nitrogen and oxygen atoms in total. The standard InChI is InChI=1S/4C8H17.C6H10O4.2Sn.2H/c4*1-4-6-7-8(3)5-2;7-5(8)3-1-2-4-6(9)10;;;;/h4*8H,3-7H2,1-2H3;1-4H2,(H,7,8)(H,9,10);;;;/q;;;;;2*+1;;/p-2. The topological polar surface area (TPSA) is 52.6 Å². The number of rotatable bonds is 31. The molecule has 0 radical (unpaired) electrons. The molecule has 0 fully saturated rings. The quantitative estimate of drug-likeness (QED) is 0.0516. The Hall–Kier alpha value is 0.537. The van der Waals surface area contributed by atoms with Crippen LogP contribution in [0.3, 0.4) is 0 Å². The number of hydrogen-bond acceptors (Lipinski definition) is 4. The second-order valence-corrected chi connectivity index (χ2v) is 27.9. The van der Waals surface area contributed by atoms with Gasteiger partial charge in [0.25, 0.3) is 0 Å². The molecule has 0 aromatic heterocycles.